The maximum absolute atomic E-state index is 13.4. The third-order valence-electron chi connectivity index (χ3n) is 3.06. The fraction of sp³-hybridized carbons (Fsp3) is 0.250. The minimum Gasteiger partial charge on any atom is -0.306 e. The van der Waals surface area contributed by atoms with Crippen molar-refractivity contribution >= 4 is 0 Å². The van der Waals surface area contributed by atoms with E-state index >= 15 is 0 Å². The van der Waals surface area contributed by atoms with Gasteiger partial charge in [-0.25, -0.2) is 13.2 Å². The van der Waals surface area contributed by atoms with Crippen LogP contribution in [0.4, 0.5) is 13.2 Å². The van der Waals surface area contributed by atoms with Gasteiger partial charge >= 0.3 is 0 Å². The van der Waals surface area contributed by atoms with Crippen molar-refractivity contribution in [1.82, 2.24) is 5.32 Å². The summed E-state index contributed by atoms with van der Waals surface area (Å²) in [6.07, 6.45) is 0.884. The molecule has 0 fully saturated rings. The zero-order valence-electron chi connectivity index (χ0n) is 11.2. The molecule has 2 aromatic rings. The van der Waals surface area contributed by atoms with E-state index in [1.54, 1.807) is 12.1 Å². The zero-order valence-corrected chi connectivity index (χ0v) is 11.2. The minimum absolute atomic E-state index is 0.353. The fourth-order valence-corrected chi connectivity index (χ4v) is 2.09. The molecule has 0 spiro atoms. The van der Waals surface area contributed by atoms with Gasteiger partial charge in [0, 0.05) is 0 Å². The van der Waals surface area contributed by atoms with Crippen LogP contribution in [-0.2, 0) is 0 Å². The molecule has 0 saturated carbocycles. The van der Waals surface area contributed by atoms with E-state index in [1.165, 1.54) is 18.2 Å². The van der Waals surface area contributed by atoms with Gasteiger partial charge in [0.25, 0.3) is 0 Å². The lowest BCUT2D eigenvalue weighted by molar-refractivity contribution is 0.503. The molecule has 0 amide bonds. The molecule has 0 radical (unpaired) electrons. The second-order valence-corrected chi connectivity index (χ2v) is 4.62. The first-order chi connectivity index (χ1) is 9.61. The Bertz CT molecular complexity index is 584. The maximum Gasteiger partial charge on any atom is 0.159 e. The number of hydrogen-bond donors (Lipinski definition) is 1. The number of halogens is 3. The Labute approximate surface area is 116 Å². The van der Waals surface area contributed by atoms with E-state index in [4.69, 9.17) is 0 Å². The van der Waals surface area contributed by atoms with Crippen LogP contribution in [0.3, 0.4) is 0 Å². The van der Waals surface area contributed by atoms with Gasteiger partial charge < -0.3 is 5.32 Å². The SMILES string of the molecule is CCCNC(c1cccc(F)c1)c1ccc(F)c(F)c1. The summed E-state index contributed by atoms with van der Waals surface area (Å²) in [4.78, 5) is 0. The van der Waals surface area contributed by atoms with Gasteiger partial charge in [-0.05, 0) is 48.4 Å². The first-order valence-corrected chi connectivity index (χ1v) is 6.55. The second kappa shape index (κ2) is 6.57. The third kappa shape index (κ3) is 3.39. The predicted octanol–water partition coefficient (Wildman–Crippen LogP) is 4.19. The number of nitrogens with one attached hydrogen (secondary N) is 1. The molecule has 20 heavy (non-hydrogen) atoms. The van der Waals surface area contributed by atoms with Gasteiger partial charge in [-0.2, -0.15) is 0 Å². The highest BCUT2D eigenvalue weighted by Gasteiger charge is 2.15. The summed E-state index contributed by atoms with van der Waals surface area (Å²) >= 11 is 0. The molecule has 4 heteroatoms. The molecule has 0 saturated heterocycles. The van der Waals surface area contributed by atoms with Gasteiger partial charge in [0.05, 0.1) is 6.04 Å². The summed E-state index contributed by atoms with van der Waals surface area (Å²) in [5.41, 5.74) is 1.26. The van der Waals surface area contributed by atoms with Crippen molar-refractivity contribution in [3.63, 3.8) is 0 Å². The van der Waals surface area contributed by atoms with Crippen LogP contribution in [0.1, 0.15) is 30.5 Å². The molecule has 1 unspecified atom stereocenters. The molecule has 1 atom stereocenters. The third-order valence-corrected chi connectivity index (χ3v) is 3.06. The topological polar surface area (TPSA) is 12.0 Å². The van der Waals surface area contributed by atoms with Crippen LogP contribution in [0.25, 0.3) is 0 Å². The Kier molecular flexibility index (Phi) is 4.79. The van der Waals surface area contributed by atoms with Crippen molar-refractivity contribution < 1.29 is 13.2 Å². The summed E-state index contributed by atoms with van der Waals surface area (Å²) < 4.78 is 39.8. The van der Waals surface area contributed by atoms with Crippen LogP contribution >= 0.6 is 0 Å². The van der Waals surface area contributed by atoms with Crippen molar-refractivity contribution in [1.29, 1.82) is 0 Å². The van der Waals surface area contributed by atoms with Gasteiger partial charge in [-0.15, -0.1) is 0 Å². The Hall–Kier alpha value is -1.81. The number of benzene rings is 2. The minimum atomic E-state index is -0.901. The molecule has 0 aliphatic rings. The molecule has 0 aliphatic heterocycles. The molecule has 0 heterocycles. The first-order valence-electron chi connectivity index (χ1n) is 6.55. The van der Waals surface area contributed by atoms with Crippen LogP contribution in [0.15, 0.2) is 42.5 Å². The molecule has 2 rings (SSSR count). The summed E-state index contributed by atoms with van der Waals surface area (Å²) in [6.45, 7) is 2.70. The lowest BCUT2D eigenvalue weighted by Gasteiger charge is -2.20. The quantitative estimate of drug-likeness (QED) is 0.865. The Morgan fingerprint density at radius 1 is 0.950 bits per heavy atom. The molecule has 1 N–H and O–H groups in total. The van der Waals surface area contributed by atoms with Crippen molar-refractivity contribution in [2.45, 2.75) is 19.4 Å². The Morgan fingerprint density at radius 3 is 2.35 bits per heavy atom. The van der Waals surface area contributed by atoms with E-state index in [2.05, 4.69) is 5.32 Å². The standard InChI is InChI=1S/C16H16F3N/c1-2-8-20-16(11-4-3-5-13(17)9-11)12-6-7-14(18)15(19)10-12/h3-7,9-10,16,20H,2,8H2,1H3. The smallest absolute Gasteiger partial charge is 0.159 e. The largest absolute Gasteiger partial charge is 0.306 e. The van der Waals surface area contributed by atoms with Crippen LogP contribution in [0.5, 0.6) is 0 Å². The molecule has 2 aromatic carbocycles. The van der Waals surface area contributed by atoms with Gasteiger partial charge in [-0.3, -0.25) is 0 Å². The van der Waals surface area contributed by atoms with Crippen LogP contribution in [0, 0.1) is 17.5 Å². The summed E-state index contributed by atoms with van der Waals surface area (Å²) in [5.74, 6) is -2.14. The molecule has 0 bridgehead atoms. The zero-order chi connectivity index (χ0) is 14.5. The average molecular weight is 279 g/mol. The molecular weight excluding hydrogens is 263 g/mol. The van der Waals surface area contributed by atoms with E-state index in [1.807, 2.05) is 6.92 Å². The highest BCUT2D eigenvalue weighted by atomic mass is 19.2. The van der Waals surface area contributed by atoms with Gasteiger partial charge in [-0.1, -0.05) is 25.1 Å². The molecule has 0 aromatic heterocycles. The van der Waals surface area contributed by atoms with Crippen molar-refractivity contribution in [3.8, 4) is 0 Å². The molecule has 1 nitrogen and oxygen atoms in total. The van der Waals surface area contributed by atoms with Crippen LogP contribution < -0.4 is 5.32 Å². The van der Waals surface area contributed by atoms with E-state index < -0.39 is 11.6 Å². The molecule has 0 aliphatic carbocycles. The van der Waals surface area contributed by atoms with Gasteiger partial charge in [0.15, 0.2) is 11.6 Å². The normalized spacial score (nSPS) is 12.4. The van der Waals surface area contributed by atoms with Crippen molar-refractivity contribution in [2.75, 3.05) is 6.54 Å². The van der Waals surface area contributed by atoms with E-state index in [0.717, 1.165) is 18.6 Å². The Morgan fingerprint density at radius 2 is 1.70 bits per heavy atom. The highest BCUT2D eigenvalue weighted by molar-refractivity contribution is 5.32. The summed E-state index contributed by atoms with van der Waals surface area (Å²) in [6, 6.07) is 9.50. The van der Waals surface area contributed by atoms with E-state index in [0.29, 0.717) is 17.7 Å². The lowest BCUT2D eigenvalue weighted by atomic mass is 9.98. The van der Waals surface area contributed by atoms with Crippen LogP contribution in [0.2, 0.25) is 0 Å². The van der Waals surface area contributed by atoms with Gasteiger partial charge in [0.1, 0.15) is 5.82 Å². The van der Waals surface area contributed by atoms with Crippen LogP contribution in [-0.4, -0.2) is 6.54 Å². The van der Waals surface area contributed by atoms with Gasteiger partial charge in [0.2, 0.25) is 0 Å². The van der Waals surface area contributed by atoms with Crippen molar-refractivity contribution in [2.24, 2.45) is 0 Å². The van der Waals surface area contributed by atoms with E-state index in [9.17, 15) is 13.2 Å². The monoisotopic (exact) mass is 279 g/mol. The second-order valence-electron chi connectivity index (χ2n) is 4.62. The first kappa shape index (κ1) is 14.6. The fourth-order valence-electron chi connectivity index (χ4n) is 2.09. The highest BCUT2D eigenvalue weighted by Crippen LogP contribution is 2.24. The van der Waals surface area contributed by atoms with E-state index in [-0.39, 0.29) is 11.9 Å². The summed E-state index contributed by atoms with van der Waals surface area (Å²) in [7, 11) is 0. The number of hydrogen-bond acceptors (Lipinski definition) is 1. The maximum atomic E-state index is 13.4. The average Bonchev–Trinajstić information content (AvgIpc) is 2.43. The molecule has 106 valence electrons. The predicted molar refractivity (Wildman–Crippen MR) is 72.9 cm³/mol. The number of rotatable bonds is 5. The lowest BCUT2D eigenvalue weighted by Crippen LogP contribution is -2.23. The molecular formula is C16H16F3N. The Balaban J connectivity index is 2.38. The summed E-state index contributed by atoms with van der Waals surface area (Å²) in [5, 5.41) is 3.22. The van der Waals surface area contributed by atoms with Crippen molar-refractivity contribution in [3.05, 3.63) is 71.0 Å².